The van der Waals surface area contributed by atoms with Gasteiger partial charge in [0.1, 0.15) is 18.0 Å². The predicted octanol–water partition coefficient (Wildman–Crippen LogP) is 1.75. The van der Waals surface area contributed by atoms with Crippen LogP contribution in [0.15, 0.2) is 60.7 Å². The van der Waals surface area contributed by atoms with Crippen molar-refractivity contribution < 1.29 is 19.3 Å². The number of benzene rings is 2. The SMILES string of the molecule is COc1ccc(Cc2cc(-c3ccccc3)n[n+](CCCC(=O)[O-])c2N)cc1. The first-order valence-electron chi connectivity index (χ1n) is 9.14. The highest BCUT2D eigenvalue weighted by atomic mass is 16.5. The summed E-state index contributed by atoms with van der Waals surface area (Å²) in [5.41, 5.74) is 10.2. The highest BCUT2D eigenvalue weighted by Gasteiger charge is 2.17. The van der Waals surface area contributed by atoms with Crippen molar-refractivity contribution in [3.63, 3.8) is 0 Å². The van der Waals surface area contributed by atoms with Crippen molar-refractivity contribution in [3.8, 4) is 17.0 Å². The van der Waals surface area contributed by atoms with E-state index in [1.54, 1.807) is 11.8 Å². The zero-order valence-corrected chi connectivity index (χ0v) is 15.8. The second-order valence-corrected chi connectivity index (χ2v) is 6.53. The summed E-state index contributed by atoms with van der Waals surface area (Å²) in [6, 6.07) is 19.7. The van der Waals surface area contributed by atoms with Crippen LogP contribution in [0.1, 0.15) is 24.0 Å². The van der Waals surface area contributed by atoms with Crippen LogP contribution in [0.25, 0.3) is 11.3 Å². The Hall–Kier alpha value is -3.41. The molecular formula is C22H23N3O3. The number of carboxylic acid groups (broad SMARTS) is 1. The van der Waals surface area contributed by atoms with Gasteiger partial charge in [0.2, 0.25) is 0 Å². The molecule has 6 nitrogen and oxygen atoms in total. The van der Waals surface area contributed by atoms with Crippen molar-refractivity contribution in [2.75, 3.05) is 12.8 Å². The summed E-state index contributed by atoms with van der Waals surface area (Å²) in [7, 11) is 1.64. The van der Waals surface area contributed by atoms with Gasteiger partial charge in [-0.2, -0.15) is 0 Å². The zero-order valence-electron chi connectivity index (χ0n) is 15.8. The highest BCUT2D eigenvalue weighted by Crippen LogP contribution is 2.22. The number of aryl methyl sites for hydroxylation is 1. The summed E-state index contributed by atoms with van der Waals surface area (Å²) in [4.78, 5) is 10.7. The number of aliphatic carboxylic acids is 1. The predicted molar refractivity (Wildman–Crippen MR) is 104 cm³/mol. The van der Waals surface area contributed by atoms with Crippen LogP contribution < -0.4 is 20.3 Å². The average Bonchev–Trinajstić information content (AvgIpc) is 2.71. The molecule has 144 valence electrons. The number of aromatic nitrogens is 2. The summed E-state index contributed by atoms with van der Waals surface area (Å²) in [5, 5.41) is 15.4. The average molecular weight is 377 g/mol. The molecule has 0 spiro atoms. The van der Waals surface area contributed by atoms with Crippen molar-refractivity contribution in [1.82, 2.24) is 5.10 Å². The van der Waals surface area contributed by atoms with Crippen LogP contribution in [0.4, 0.5) is 5.82 Å². The molecule has 3 aromatic rings. The molecule has 1 aromatic heterocycles. The quantitative estimate of drug-likeness (QED) is 0.604. The number of anilines is 1. The van der Waals surface area contributed by atoms with E-state index in [1.165, 1.54) is 0 Å². The topological polar surface area (TPSA) is 92.1 Å². The summed E-state index contributed by atoms with van der Waals surface area (Å²) in [6.07, 6.45) is 1.01. The smallest absolute Gasteiger partial charge is 0.296 e. The van der Waals surface area contributed by atoms with Gasteiger partial charge in [-0.05, 0) is 36.6 Å². The molecule has 0 aliphatic carbocycles. The number of carbonyl (C=O) groups excluding carboxylic acids is 1. The monoisotopic (exact) mass is 377 g/mol. The first-order chi connectivity index (χ1) is 13.6. The largest absolute Gasteiger partial charge is 0.550 e. The number of nitrogen functional groups attached to an aromatic ring is 1. The van der Waals surface area contributed by atoms with Gasteiger partial charge in [-0.15, -0.1) is 4.68 Å². The second kappa shape index (κ2) is 8.99. The van der Waals surface area contributed by atoms with Gasteiger partial charge in [-0.25, -0.2) is 0 Å². The van der Waals surface area contributed by atoms with E-state index in [9.17, 15) is 9.90 Å². The van der Waals surface area contributed by atoms with Gasteiger partial charge in [0.25, 0.3) is 5.82 Å². The van der Waals surface area contributed by atoms with Crippen LogP contribution in [-0.4, -0.2) is 18.2 Å². The van der Waals surface area contributed by atoms with Crippen molar-refractivity contribution in [3.05, 3.63) is 71.8 Å². The molecule has 3 rings (SSSR count). The van der Waals surface area contributed by atoms with Crippen LogP contribution >= 0.6 is 0 Å². The maximum absolute atomic E-state index is 10.7. The molecule has 1 heterocycles. The van der Waals surface area contributed by atoms with Crippen LogP contribution in [0, 0.1) is 0 Å². The third-order valence-corrected chi connectivity index (χ3v) is 4.52. The normalized spacial score (nSPS) is 10.6. The van der Waals surface area contributed by atoms with E-state index in [2.05, 4.69) is 5.10 Å². The number of nitrogens with two attached hydrogens (primary N) is 1. The number of hydrogen-bond donors (Lipinski definition) is 1. The molecule has 0 aliphatic heterocycles. The van der Waals surface area contributed by atoms with Gasteiger partial charge in [0.15, 0.2) is 0 Å². The number of carboxylic acids is 1. The molecule has 0 bridgehead atoms. The van der Waals surface area contributed by atoms with E-state index >= 15 is 0 Å². The van der Waals surface area contributed by atoms with E-state index in [0.717, 1.165) is 28.1 Å². The van der Waals surface area contributed by atoms with E-state index in [-0.39, 0.29) is 6.42 Å². The molecule has 2 aromatic carbocycles. The van der Waals surface area contributed by atoms with Crippen molar-refractivity contribution in [2.45, 2.75) is 25.8 Å². The molecule has 2 N–H and O–H groups in total. The first-order valence-corrected chi connectivity index (χ1v) is 9.14. The van der Waals surface area contributed by atoms with E-state index in [1.807, 2.05) is 60.7 Å². The number of carbonyl (C=O) groups is 1. The zero-order chi connectivity index (χ0) is 19.9. The van der Waals surface area contributed by atoms with Gasteiger partial charge in [-0.1, -0.05) is 47.6 Å². The van der Waals surface area contributed by atoms with Gasteiger partial charge < -0.3 is 14.6 Å². The number of nitrogens with zero attached hydrogens (tertiary/aromatic N) is 2. The minimum Gasteiger partial charge on any atom is -0.550 e. The third-order valence-electron chi connectivity index (χ3n) is 4.52. The number of ether oxygens (including phenoxy) is 1. The van der Waals surface area contributed by atoms with Gasteiger partial charge >= 0.3 is 0 Å². The molecule has 28 heavy (non-hydrogen) atoms. The molecule has 0 atom stereocenters. The Morgan fingerprint density at radius 2 is 1.86 bits per heavy atom. The van der Waals surface area contributed by atoms with E-state index < -0.39 is 5.97 Å². The fourth-order valence-electron chi connectivity index (χ4n) is 3.02. The number of hydrogen-bond acceptors (Lipinski definition) is 5. The Morgan fingerprint density at radius 1 is 1.14 bits per heavy atom. The van der Waals surface area contributed by atoms with E-state index in [4.69, 9.17) is 10.5 Å². The Bertz CT molecular complexity index is 941. The summed E-state index contributed by atoms with van der Waals surface area (Å²) >= 11 is 0. The maximum atomic E-state index is 10.7. The summed E-state index contributed by atoms with van der Waals surface area (Å²) in [6.45, 7) is 0.413. The maximum Gasteiger partial charge on any atom is 0.296 e. The van der Waals surface area contributed by atoms with E-state index in [0.29, 0.717) is 25.2 Å². The fourth-order valence-corrected chi connectivity index (χ4v) is 3.02. The summed E-state index contributed by atoms with van der Waals surface area (Å²) in [5.74, 6) is 0.263. The molecule has 0 fully saturated rings. The Balaban J connectivity index is 1.95. The van der Waals surface area contributed by atoms with Gasteiger partial charge in [-0.3, -0.25) is 5.73 Å². The number of rotatable bonds is 8. The first kappa shape index (κ1) is 19.4. The fraction of sp³-hybridized carbons (Fsp3) is 0.227. The van der Waals surface area contributed by atoms with Crippen LogP contribution in [-0.2, 0) is 17.8 Å². The van der Waals surface area contributed by atoms with Crippen molar-refractivity contribution in [1.29, 1.82) is 0 Å². The lowest BCUT2D eigenvalue weighted by Gasteiger charge is -2.11. The molecule has 0 unspecified atom stereocenters. The minimum absolute atomic E-state index is 0.0303. The molecule has 0 saturated carbocycles. The molecular weight excluding hydrogens is 354 g/mol. The van der Waals surface area contributed by atoms with Crippen molar-refractivity contribution in [2.24, 2.45) is 0 Å². The standard InChI is InChI=1S/C22H23N3O3/c1-28-19-11-9-16(10-12-19)14-18-15-20(17-6-3-2-4-7-17)24-25(22(18)23)13-5-8-21(26)27/h2-4,6-7,9-12,15,23H,5,8,13-14H2,1H3,(H,26,27). The lowest BCUT2D eigenvalue weighted by atomic mass is 10.0. The number of methoxy groups -OCH3 is 1. The molecule has 6 heteroatoms. The lowest BCUT2D eigenvalue weighted by Crippen LogP contribution is -2.43. The van der Waals surface area contributed by atoms with Crippen LogP contribution in [0.5, 0.6) is 5.75 Å². The van der Waals surface area contributed by atoms with Crippen LogP contribution in [0.3, 0.4) is 0 Å². The van der Waals surface area contributed by atoms with Gasteiger partial charge in [0.05, 0.1) is 7.11 Å². The molecule has 0 saturated heterocycles. The third kappa shape index (κ3) is 4.85. The van der Waals surface area contributed by atoms with Crippen LogP contribution in [0.2, 0.25) is 0 Å². The van der Waals surface area contributed by atoms with Crippen molar-refractivity contribution >= 4 is 11.8 Å². The molecule has 0 aliphatic rings. The summed E-state index contributed by atoms with van der Waals surface area (Å²) < 4.78 is 6.90. The molecule has 0 amide bonds. The molecule has 0 radical (unpaired) electrons. The minimum atomic E-state index is -1.07. The highest BCUT2D eigenvalue weighted by molar-refractivity contribution is 5.64. The Labute approximate surface area is 164 Å². The van der Waals surface area contributed by atoms with Gasteiger partial charge in [0, 0.05) is 23.5 Å². The Kier molecular flexibility index (Phi) is 6.22. The Morgan fingerprint density at radius 3 is 2.50 bits per heavy atom. The lowest BCUT2D eigenvalue weighted by molar-refractivity contribution is -0.740. The second-order valence-electron chi connectivity index (χ2n) is 6.53.